The molecule has 19 heavy (non-hydrogen) atoms. The van der Waals surface area contributed by atoms with Crippen LogP contribution in [0.4, 0.5) is 0 Å². The summed E-state index contributed by atoms with van der Waals surface area (Å²) in [5, 5.41) is 0. The summed E-state index contributed by atoms with van der Waals surface area (Å²) in [4.78, 5) is 11.8. The van der Waals surface area contributed by atoms with Gasteiger partial charge in [0, 0.05) is 6.07 Å². The summed E-state index contributed by atoms with van der Waals surface area (Å²) in [7, 11) is 3.06. The van der Waals surface area contributed by atoms with E-state index in [2.05, 4.69) is 0 Å². The number of hydrogen-bond acceptors (Lipinski definition) is 5. The summed E-state index contributed by atoms with van der Waals surface area (Å²) >= 11 is 0. The number of carbonyl (C=O) groups excluding carboxylic acids is 1. The number of benzene rings is 1. The van der Waals surface area contributed by atoms with Crippen LogP contribution in [0.3, 0.4) is 0 Å². The van der Waals surface area contributed by atoms with Gasteiger partial charge in [0.05, 0.1) is 32.5 Å². The van der Waals surface area contributed by atoms with Crippen LogP contribution in [0.2, 0.25) is 0 Å². The van der Waals surface area contributed by atoms with Gasteiger partial charge in [-0.15, -0.1) is 0 Å². The molecule has 0 heterocycles. The van der Waals surface area contributed by atoms with E-state index in [4.69, 9.17) is 18.9 Å². The Balaban J connectivity index is 2.60. The van der Waals surface area contributed by atoms with Crippen LogP contribution in [-0.2, 0) is 9.47 Å². The first-order valence-electron chi connectivity index (χ1n) is 6.08. The minimum absolute atomic E-state index is 0.121. The zero-order valence-electron chi connectivity index (χ0n) is 11.8. The maximum absolute atomic E-state index is 11.8. The minimum atomic E-state index is -0.426. The van der Waals surface area contributed by atoms with Gasteiger partial charge in [-0.3, -0.25) is 0 Å². The molecular weight excluding hydrogens is 248 g/mol. The maximum atomic E-state index is 11.8. The number of esters is 1. The summed E-state index contributed by atoms with van der Waals surface area (Å²) in [6.07, 6.45) is 0.121. The molecule has 0 radical (unpaired) electrons. The van der Waals surface area contributed by atoms with Gasteiger partial charge in [-0.2, -0.15) is 0 Å². The van der Waals surface area contributed by atoms with Crippen molar-refractivity contribution in [3.05, 3.63) is 23.8 Å². The van der Waals surface area contributed by atoms with E-state index < -0.39 is 5.97 Å². The van der Waals surface area contributed by atoms with E-state index in [0.717, 1.165) is 0 Å². The highest BCUT2D eigenvalue weighted by Crippen LogP contribution is 2.22. The smallest absolute Gasteiger partial charge is 0.338 e. The van der Waals surface area contributed by atoms with Gasteiger partial charge < -0.3 is 18.9 Å². The summed E-state index contributed by atoms with van der Waals surface area (Å²) in [6, 6.07) is 4.90. The number of carbonyl (C=O) groups is 1. The number of methoxy groups -OCH3 is 2. The largest absolute Gasteiger partial charge is 0.497 e. The van der Waals surface area contributed by atoms with Gasteiger partial charge in [0.1, 0.15) is 18.1 Å². The molecule has 5 heteroatoms. The van der Waals surface area contributed by atoms with Gasteiger partial charge in [0.2, 0.25) is 0 Å². The molecule has 0 saturated carbocycles. The first kappa shape index (κ1) is 15.3. The van der Waals surface area contributed by atoms with Gasteiger partial charge in [0.25, 0.3) is 0 Å². The lowest BCUT2D eigenvalue weighted by molar-refractivity contribution is 0.0176. The second-order valence-corrected chi connectivity index (χ2v) is 4.16. The minimum Gasteiger partial charge on any atom is -0.497 e. The van der Waals surface area contributed by atoms with Gasteiger partial charge in [-0.05, 0) is 26.0 Å². The van der Waals surface area contributed by atoms with E-state index >= 15 is 0 Å². The molecule has 5 nitrogen and oxygen atoms in total. The Bertz CT molecular complexity index is 392. The molecule has 0 fully saturated rings. The molecule has 0 amide bonds. The van der Waals surface area contributed by atoms with Crippen molar-refractivity contribution in [3.8, 4) is 11.5 Å². The molecule has 0 atom stereocenters. The van der Waals surface area contributed by atoms with E-state index in [1.54, 1.807) is 18.2 Å². The molecular formula is C14H20O5. The van der Waals surface area contributed by atoms with Crippen LogP contribution in [0, 0.1) is 0 Å². The number of rotatable bonds is 7. The lowest BCUT2D eigenvalue weighted by Crippen LogP contribution is -2.13. The normalized spacial score (nSPS) is 10.4. The Morgan fingerprint density at radius 1 is 1.05 bits per heavy atom. The van der Waals surface area contributed by atoms with E-state index in [0.29, 0.717) is 23.7 Å². The van der Waals surface area contributed by atoms with Crippen molar-refractivity contribution in [2.24, 2.45) is 0 Å². The predicted molar refractivity (Wildman–Crippen MR) is 70.9 cm³/mol. The van der Waals surface area contributed by atoms with Gasteiger partial charge in [0.15, 0.2) is 0 Å². The molecule has 0 aliphatic heterocycles. The fourth-order valence-corrected chi connectivity index (χ4v) is 1.43. The van der Waals surface area contributed by atoms with Crippen LogP contribution < -0.4 is 9.47 Å². The van der Waals surface area contributed by atoms with Crippen molar-refractivity contribution >= 4 is 5.97 Å². The Morgan fingerprint density at radius 2 is 1.63 bits per heavy atom. The molecule has 0 spiro atoms. The Morgan fingerprint density at radius 3 is 2.11 bits per heavy atom. The van der Waals surface area contributed by atoms with Crippen molar-refractivity contribution in [2.75, 3.05) is 27.4 Å². The van der Waals surface area contributed by atoms with Crippen molar-refractivity contribution in [3.63, 3.8) is 0 Å². The van der Waals surface area contributed by atoms with Gasteiger partial charge in [-0.1, -0.05) is 0 Å². The SMILES string of the molecule is COc1cc(OC)cc(C(=O)OCCOC(C)C)c1. The molecule has 106 valence electrons. The van der Waals surface area contributed by atoms with Crippen molar-refractivity contribution in [1.82, 2.24) is 0 Å². The summed E-state index contributed by atoms with van der Waals surface area (Å²) < 4.78 is 20.6. The Hall–Kier alpha value is -1.75. The predicted octanol–water partition coefficient (Wildman–Crippen LogP) is 2.29. The first-order valence-corrected chi connectivity index (χ1v) is 6.08. The van der Waals surface area contributed by atoms with Gasteiger partial charge >= 0.3 is 5.97 Å². The third kappa shape index (κ3) is 5.18. The highest BCUT2D eigenvalue weighted by atomic mass is 16.6. The molecule has 0 aromatic heterocycles. The van der Waals surface area contributed by atoms with E-state index in [1.807, 2.05) is 13.8 Å². The fraction of sp³-hybridized carbons (Fsp3) is 0.500. The molecule has 1 aromatic carbocycles. The van der Waals surface area contributed by atoms with Crippen LogP contribution in [-0.4, -0.2) is 39.5 Å². The summed E-state index contributed by atoms with van der Waals surface area (Å²) in [5.74, 6) is 0.666. The molecule has 0 saturated heterocycles. The van der Waals surface area contributed by atoms with Crippen LogP contribution in [0.15, 0.2) is 18.2 Å². The molecule has 0 aliphatic rings. The zero-order chi connectivity index (χ0) is 14.3. The quantitative estimate of drug-likeness (QED) is 0.561. The second-order valence-electron chi connectivity index (χ2n) is 4.16. The third-order valence-corrected chi connectivity index (χ3v) is 2.35. The van der Waals surface area contributed by atoms with Crippen molar-refractivity contribution < 1.29 is 23.7 Å². The number of hydrogen-bond donors (Lipinski definition) is 0. The molecule has 0 aliphatic carbocycles. The molecule has 0 unspecified atom stereocenters. The van der Waals surface area contributed by atoms with Crippen LogP contribution in [0.1, 0.15) is 24.2 Å². The monoisotopic (exact) mass is 268 g/mol. The van der Waals surface area contributed by atoms with Crippen LogP contribution >= 0.6 is 0 Å². The Kier molecular flexibility index (Phi) is 6.15. The summed E-state index contributed by atoms with van der Waals surface area (Å²) in [5.41, 5.74) is 0.390. The van der Waals surface area contributed by atoms with Crippen molar-refractivity contribution in [1.29, 1.82) is 0 Å². The van der Waals surface area contributed by atoms with Crippen LogP contribution in [0.5, 0.6) is 11.5 Å². The Labute approximate surface area is 113 Å². The standard InChI is InChI=1S/C14H20O5/c1-10(2)18-5-6-19-14(15)11-7-12(16-3)9-13(8-11)17-4/h7-10H,5-6H2,1-4H3. The van der Waals surface area contributed by atoms with E-state index in [9.17, 15) is 4.79 Å². The molecule has 1 rings (SSSR count). The molecule has 0 N–H and O–H groups in total. The lowest BCUT2D eigenvalue weighted by Gasteiger charge is -2.10. The fourth-order valence-electron chi connectivity index (χ4n) is 1.43. The first-order chi connectivity index (χ1) is 9.06. The third-order valence-electron chi connectivity index (χ3n) is 2.35. The number of ether oxygens (including phenoxy) is 4. The average molecular weight is 268 g/mol. The lowest BCUT2D eigenvalue weighted by atomic mass is 10.2. The van der Waals surface area contributed by atoms with E-state index in [-0.39, 0.29) is 12.7 Å². The highest BCUT2D eigenvalue weighted by molar-refractivity contribution is 5.90. The zero-order valence-corrected chi connectivity index (χ0v) is 11.8. The van der Waals surface area contributed by atoms with Crippen LogP contribution in [0.25, 0.3) is 0 Å². The van der Waals surface area contributed by atoms with E-state index in [1.165, 1.54) is 14.2 Å². The topological polar surface area (TPSA) is 54.0 Å². The van der Waals surface area contributed by atoms with Gasteiger partial charge in [-0.25, -0.2) is 4.79 Å². The maximum Gasteiger partial charge on any atom is 0.338 e. The molecule has 1 aromatic rings. The average Bonchev–Trinajstić information content (AvgIpc) is 2.42. The molecule has 0 bridgehead atoms. The summed E-state index contributed by atoms with van der Waals surface area (Å²) in [6.45, 7) is 4.45. The van der Waals surface area contributed by atoms with Crippen molar-refractivity contribution in [2.45, 2.75) is 20.0 Å². The highest BCUT2D eigenvalue weighted by Gasteiger charge is 2.11. The second kappa shape index (κ2) is 7.63.